The molecular formula is C16H18N2O2. The molecule has 104 valence electrons. The monoisotopic (exact) mass is 270 g/mol. The van der Waals surface area contributed by atoms with Gasteiger partial charge in [-0.25, -0.2) is 0 Å². The standard InChI is InChI=1S/C16H18N2O2/c1-11(16(19)20)13-8-18(9-13)10-14-7-6-12-4-2-3-5-15(12)17-14/h2-7,11,13H,8-10H2,1H3,(H,19,20). The quantitative estimate of drug-likeness (QED) is 0.926. The van der Waals surface area contributed by atoms with Gasteiger partial charge in [-0.3, -0.25) is 14.7 Å². The van der Waals surface area contributed by atoms with Crippen LogP contribution < -0.4 is 0 Å². The number of benzene rings is 1. The average Bonchev–Trinajstić information content (AvgIpc) is 2.41. The maximum Gasteiger partial charge on any atom is 0.306 e. The first-order chi connectivity index (χ1) is 9.63. The lowest BCUT2D eigenvalue weighted by atomic mass is 9.87. The van der Waals surface area contributed by atoms with Gasteiger partial charge in [-0.15, -0.1) is 0 Å². The molecule has 20 heavy (non-hydrogen) atoms. The van der Waals surface area contributed by atoms with E-state index in [0.29, 0.717) is 0 Å². The molecule has 1 unspecified atom stereocenters. The Balaban J connectivity index is 1.63. The fraction of sp³-hybridized carbons (Fsp3) is 0.375. The highest BCUT2D eigenvalue weighted by molar-refractivity contribution is 5.78. The van der Waals surface area contributed by atoms with Crippen molar-refractivity contribution >= 4 is 16.9 Å². The molecule has 0 bridgehead atoms. The maximum atomic E-state index is 10.9. The zero-order valence-electron chi connectivity index (χ0n) is 11.5. The van der Waals surface area contributed by atoms with E-state index in [9.17, 15) is 4.79 Å². The number of aliphatic carboxylic acids is 1. The fourth-order valence-electron chi connectivity index (χ4n) is 2.68. The van der Waals surface area contributed by atoms with Crippen molar-refractivity contribution in [2.45, 2.75) is 13.5 Å². The second-order valence-corrected chi connectivity index (χ2v) is 5.58. The van der Waals surface area contributed by atoms with Gasteiger partial charge in [0.05, 0.1) is 17.1 Å². The molecule has 2 aromatic rings. The number of rotatable bonds is 4. The normalized spacial score (nSPS) is 17.9. The smallest absolute Gasteiger partial charge is 0.306 e. The summed E-state index contributed by atoms with van der Waals surface area (Å²) in [6.45, 7) is 4.29. The van der Waals surface area contributed by atoms with E-state index in [2.05, 4.69) is 28.1 Å². The van der Waals surface area contributed by atoms with Gasteiger partial charge in [0.15, 0.2) is 0 Å². The van der Waals surface area contributed by atoms with Crippen molar-refractivity contribution in [2.75, 3.05) is 13.1 Å². The van der Waals surface area contributed by atoms with Crippen LogP contribution in [0.2, 0.25) is 0 Å². The molecule has 1 fully saturated rings. The molecule has 1 aliphatic heterocycles. The van der Waals surface area contributed by atoms with Crippen molar-refractivity contribution in [1.29, 1.82) is 0 Å². The van der Waals surface area contributed by atoms with Crippen molar-refractivity contribution in [2.24, 2.45) is 11.8 Å². The molecule has 1 aliphatic rings. The van der Waals surface area contributed by atoms with Crippen LogP contribution in [0, 0.1) is 11.8 Å². The van der Waals surface area contributed by atoms with Gasteiger partial charge in [-0.05, 0) is 18.1 Å². The topological polar surface area (TPSA) is 53.4 Å². The van der Waals surface area contributed by atoms with Crippen LogP contribution >= 0.6 is 0 Å². The van der Waals surface area contributed by atoms with Crippen LogP contribution in [0.4, 0.5) is 0 Å². The van der Waals surface area contributed by atoms with E-state index in [1.165, 1.54) is 0 Å². The van der Waals surface area contributed by atoms with Crippen LogP contribution in [0.25, 0.3) is 10.9 Å². The second-order valence-electron chi connectivity index (χ2n) is 5.58. The molecule has 1 N–H and O–H groups in total. The van der Waals surface area contributed by atoms with Crippen LogP contribution in [-0.2, 0) is 11.3 Å². The minimum absolute atomic E-state index is 0.254. The van der Waals surface area contributed by atoms with Crippen molar-refractivity contribution in [3.63, 3.8) is 0 Å². The Morgan fingerprint density at radius 3 is 2.85 bits per heavy atom. The van der Waals surface area contributed by atoms with E-state index in [-0.39, 0.29) is 11.8 Å². The van der Waals surface area contributed by atoms with Crippen LogP contribution in [0.3, 0.4) is 0 Å². The van der Waals surface area contributed by atoms with Gasteiger partial charge in [-0.2, -0.15) is 0 Å². The molecule has 1 aromatic heterocycles. The highest BCUT2D eigenvalue weighted by atomic mass is 16.4. The first kappa shape index (κ1) is 13.1. The van der Waals surface area contributed by atoms with E-state index < -0.39 is 5.97 Å². The third kappa shape index (κ3) is 2.51. The molecule has 0 radical (unpaired) electrons. The molecule has 3 rings (SSSR count). The van der Waals surface area contributed by atoms with Gasteiger partial charge >= 0.3 is 5.97 Å². The number of para-hydroxylation sites is 1. The Kier molecular flexibility index (Phi) is 3.40. The average molecular weight is 270 g/mol. The van der Waals surface area contributed by atoms with Crippen molar-refractivity contribution in [3.8, 4) is 0 Å². The number of carboxylic acids is 1. The molecule has 2 heterocycles. The summed E-state index contributed by atoms with van der Waals surface area (Å²) in [4.78, 5) is 17.8. The number of hydrogen-bond donors (Lipinski definition) is 1. The molecule has 0 amide bonds. The largest absolute Gasteiger partial charge is 0.481 e. The van der Waals surface area contributed by atoms with Gasteiger partial charge in [0.25, 0.3) is 0 Å². The Morgan fingerprint density at radius 1 is 1.35 bits per heavy atom. The number of pyridine rings is 1. The van der Waals surface area contributed by atoms with Gasteiger partial charge in [-0.1, -0.05) is 31.2 Å². The van der Waals surface area contributed by atoms with E-state index in [0.717, 1.165) is 36.2 Å². The van der Waals surface area contributed by atoms with Gasteiger partial charge in [0.2, 0.25) is 0 Å². The van der Waals surface area contributed by atoms with E-state index in [1.807, 2.05) is 18.2 Å². The lowest BCUT2D eigenvalue weighted by molar-refractivity contribution is -0.145. The highest BCUT2D eigenvalue weighted by Crippen LogP contribution is 2.25. The number of carbonyl (C=O) groups is 1. The maximum absolute atomic E-state index is 10.9. The van der Waals surface area contributed by atoms with Gasteiger partial charge in [0.1, 0.15) is 0 Å². The molecular weight excluding hydrogens is 252 g/mol. The van der Waals surface area contributed by atoms with Crippen LogP contribution in [0.5, 0.6) is 0 Å². The summed E-state index contributed by atoms with van der Waals surface area (Å²) in [6.07, 6.45) is 0. The molecule has 0 aliphatic carbocycles. The second kappa shape index (κ2) is 5.21. The number of aromatic nitrogens is 1. The Bertz CT molecular complexity index is 635. The molecule has 1 atom stereocenters. The van der Waals surface area contributed by atoms with Crippen molar-refractivity contribution < 1.29 is 9.90 Å². The fourth-order valence-corrected chi connectivity index (χ4v) is 2.68. The zero-order valence-corrected chi connectivity index (χ0v) is 11.5. The molecule has 4 heteroatoms. The molecule has 1 aromatic carbocycles. The summed E-state index contributed by atoms with van der Waals surface area (Å²) in [5, 5.41) is 10.1. The summed E-state index contributed by atoms with van der Waals surface area (Å²) in [5.41, 5.74) is 2.06. The third-order valence-electron chi connectivity index (χ3n) is 4.12. The summed E-state index contributed by atoms with van der Waals surface area (Å²) in [5.74, 6) is -0.678. The highest BCUT2D eigenvalue weighted by Gasteiger charge is 2.34. The lowest BCUT2D eigenvalue weighted by Crippen LogP contribution is -2.50. The first-order valence-electron chi connectivity index (χ1n) is 6.93. The predicted octanol–water partition coefficient (Wildman–Crippen LogP) is 2.39. The number of likely N-dealkylation sites (tertiary alicyclic amines) is 1. The minimum atomic E-state index is -0.696. The number of nitrogens with zero attached hydrogens (tertiary/aromatic N) is 2. The van der Waals surface area contributed by atoms with E-state index in [4.69, 9.17) is 5.11 Å². The Hall–Kier alpha value is -1.94. The Labute approximate surface area is 118 Å². The third-order valence-corrected chi connectivity index (χ3v) is 4.12. The van der Waals surface area contributed by atoms with Gasteiger partial charge in [0, 0.05) is 25.0 Å². The van der Waals surface area contributed by atoms with Crippen LogP contribution in [0.1, 0.15) is 12.6 Å². The van der Waals surface area contributed by atoms with Gasteiger partial charge < -0.3 is 5.11 Å². The number of hydrogen-bond acceptors (Lipinski definition) is 3. The molecule has 1 saturated heterocycles. The van der Waals surface area contributed by atoms with Crippen LogP contribution in [0.15, 0.2) is 36.4 Å². The summed E-state index contributed by atoms with van der Waals surface area (Å²) < 4.78 is 0. The van der Waals surface area contributed by atoms with E-state index >= 15 is 0 Å². The summed E-state index contributed by atoms with van der Waals surface area (Å²) in [6, 6.07) is 12.2. The van der Waals surface area contributed by atoms with Crippen LogP contribution in [-0.4, -0.2) is 34.0 Å². The first-order valence-corrected chi connectivity index (χ1v) is 6.93. The van der Waals surface area contributed by atoms with Crippen molar-refractivity contribution in [1.82, 2.24) is 9.88 Å². The summed E-state index contributed by atoms with van der Waals surface area (Å²) >= 11 is 0. The SMILES string of the molecule is CC(C(=O)O)C1CN(Cc2ccc3ccccc3n2)C1. The number of fused-ring (bicyclic) bond motifs is 1. The molecule has 0 saturated carbocycles. The summed E-state index contributed by atoms with van der Waals surface area (Å²) in [7, 11) is 0. The molecule has 4 nitrogen and oxygen atoms in total. The Morgan fingerprint density at radius 2 is 2.10 bits per heavy atom. The lowest BCUT2D eigenvalue weighted by Gasteiger charge is -2.41. The molecule has 0 spiro atoms. The minimum Gasteiger partial charge on any atom is -0.481 e. The predicted molar refractivity (Wildman–Crippen MR) is 77.3 cm³/mol. The van der Waals surface area contributed by atoms with Crippen molar-refractivity contribution in [3.05, 3.63) is 42.1 Å². The zero-order chi connectivity index (χ0) is 14.1. The number of carboxylic acid groups (broad SMARTS) is 1. The van der Waals surface area contributed by atoms with E-state index in [1.54, 1.807) is 6.92 Å².